The van der Waals surface area contributed by atoms with Gasteiger partial charge in [-0.25, -0.2) is 0 Å². The summed E-state index contributed by atoms with van der Waals surface area (Å²) < 4.78 is 4.84. The second kappa shape index (κ2) is 22.5. The SMILES string of the molecule is c1ccc([Si](c2ccccc2)(c2ccc(-n3c4ccc([Si](c5ccccc5)(c5ccccc5)c5ccccc5)cc4c4ccncc43)cc2)c2ccc(-n3c4ccc([Si](c5ccccc5)(c5ccccc5)c5ccccc5)cc4c4ccncc43)cc2)cc1. The maximum absolute atomic E-state index is 4.78. The van der Waals surface area contributed by atoms with Crippen LogP contribution in [0.25, 0.3) is 55.0 Å². The third kappa shape index (κ3) is 8.61. The van der Waals surface area contributed by atoms with E-state index in [0.717, 1.165) is 33.4 Å². The van der Waals surface area contributed by atoms with E-state index in [9.17, 15) is 0 Å². The van der Waals surface area contributed by atoms with E-state index in [4.69, 9.17) is 9.97 Å². The topological polar surface area (TPSA) is 35.6 Å². The molecule has 0 radical (unpaired) electrons. The summed E-state index contributed by atoms with van der Waals surface area (Å²) in [5.74, 6) is 0. The predicted octanol–water partition coefficient (Wildman–Crippen LogP) is 10.8. The van der Waals surface area contributed by atoms with E-state index in [2.05, 4.69) is 349 Å². The quantitative estimate of drug-likeness (QED) is 0.0804. The van der Waals surface area contributed by atoms with E-state index >= 15 is 0 Å². The highest BCUT2D eigenvalue weighted by Gasteiger charge is 2.44. The molecule has 4 nitrogen and oxygen atoms in total. The molecule has 0 aliphatic heterocycles. The highest BCUT2D eigenvalue weighted by Crippen LogP contribution is 2.34. The van der Waals surface area contributed by atoms with E-state index in [-0.39, 0.29) is 0 Å². The van der Waals surface area contributed by atoms with Crippen LogP contribution in [0.2, 0.25) is 0 Å². The molecule has 16 rings (SSSR count). The molecule has 7 heteroatoms. The van der Waals surface area contributed by atoms with Gasteiger partial charge in [0.1, 0.15) is 0 Å². The summed E-state index contributed by atoms with van der Waals surface area (Å²) in [5.41, 5.74) is 6.62. The maximum atomic E-state index is 4.78. The van der Waals surface area contributed by atoms with Crippen molar-refractivity contribution in [3.63, 3.8) is 0 Å². The Morgan fingerprint density at radius 1 is 0.191 bits per heavy atom. The number of rotatable bonds is 14. The van der Waals surface area contributed by atoms with Crippen molar-refractivity contribution in [3.05, 3.63) is 365 Å². The molecule has 89 heavy (non-hydrogen) atoms. The van der Waals surface area contributed by atoms with Crippen molar-refractivity contribution in [2.45, 2.75) is 0 Å². The van der Waals surface area contributed by atoms with Crippen molar-refractivity contribution in [2.24, 2.45) is 0 Å². The molecule has 0 amide bonds. The minimum absolute atomic E-state index is 1.07. The van der Waals surface area contributed by atoms with Gasteiger partial charge in [0.15, 0.2) is 24.2 Å². The highest BCUT2D eigenvalue weighted by atomic mass is 28.3. The van der Waals surface area contributed by atoms with Gasteiger partial charge in [-0.05, 0) is 111 Å². The van der Waals surface area contributed by atoms with Gasteiger partial charge in [-0.1, -0.05) is 291 Å². The van der Waals surface area contributed by atoms with Crippen molar-refractivity contribution in [2.75, 3.05) is 0 Å². The number of hydrogen-bond acceptors (Lipinski definition) is 2. The average Bonchev–Trinajstić information content (AvgIpc) is 2.10. The highest BCUT2D eigenvalue weighted by molar-refractivity contribution is 7.21. The van der Waals surface area contributed by atoms with E-state index < -0.39 is 24.2 Å². The van der Waals surface area contributed by atoms with Crippen LogP contribution in [0.4, 0.5) is 0 Å². The smallest absolute Gasteiger partial charge is 0.179 e. The van der Waals surface area contributed by atoms with Crippen LogP contribution in [-0.2, 0) is 0 Å². The second-order valence-corrected chi connectivity index (χ2v) is 34.6. The van der Waals surface area contributed by atoms with E-state index in [1.54, 1.807) is 0 Å². The fourth-order valence-corrected chi connectivity index (χ4v) is 29.2. The zero-order valence-corrected chi connectivity index (χ0v) is 51.9. The molecular weight excluding hydrogens is 1130 g/mol. The molecule has 12 aromatic carbocycles. The van der Waals surface area contributed by atoms with Gasteiger partial charge >= 0.3 is 0 Å². The Balaban J connectivity index is 0.844. The monoisotopic (exact) mass is 1180 g/mol. The van der Waals surface area contributed by atoms with Gasteiger partial charge in [-0.3, -0.25) is 9.97 Å². The Bertz CT molecular complexity index is 4620. The lowest BCUT2D eigenvalue weighted by Crippen LogP contribution is -2.74. The van der Waals surface area contributed by atoms with Gasteiger partial charge in [0.2, 0.25) is 0 Å². The third-order valence-corrected chi connectivity index (χ3v) is 33.1. The largest absolute Gasteiger partial charge is 0.308 e. The first-order chi connectivity index (χ1) is 44.2. The Labute approximate surface area is 521 Å². The number of benzene rings is 12. The number of nitrogens with zero attached hydrogens (tertiary/aromatic N) is 4. The molecule has 0 N–H and O–H groups in total. The summed E-state index contributed by atoms with van der Waals surface area (Å²) in [6, 6.07) is 128. The molecule has 0 saturated heterocycles. The number of hydrogen-bond donors (Lipinski definition) is 0. The summed E-state index contributed by atoms with van der Waals surface area (Å²) in [6.45, 7) is 0. The first-order valence-corrected chi connectivity index (χ1v) is 36.6. The molecular formula is C82H60N4Si3. The van der Waals surface area contributed by atoms with Gasteiger partial charge in [0.05, 0.1) is 34.5 Å². The van der Waals surface area contributed by atoms with Gasteiger partial charge in [-0.2, -0.15) is 0 Å². The lowest BCUT2D eigenvalue weighted by atomic mass is 10.2. The van der Waals surface area contributed by atoms with E-state index in [1.165, 1.54) is 83.8 Å². The number of fused-ring (bicyclic) bond motifs is 6. The first kappa shape index (κ1) is 53.6. The molecule has 0 bridgehead atoms. The second-order valence-electron chi connectivity index (χ2n) is 23.2. The fourth-order valence-electron chi connectivity index (χ4n) is 15.0. The molecule has 0 spiro atoms. The lowest BCUT2D eigenvalue weighted by molar-refractivity contribution is 1.17. The van der Waals surface area contributed by atoms with Crippen LogP contribution >= 0.6 is 0 Å². The van der Waals surface area contributed by atoms with Crippen molar-refractivity contribution in [1.82, 2.24) is 19.1 Å². The standard InChI is InChI=1S/C82H60N4Si3/c1-9-25-63(26-10-1)87(64-27-11-2-12-28-64,71-45-41-61(42-46-71)85-79-51-49-73(57-77(79)75-53-55-83-59-81(75)85)88(65-29-13-3-14-30-65,66-31-15-4-16-32-66)67-33-17-5-18-34-67)72-47-43-62(44-48-72)86-80-52-50-74(58-78(80)76-54-56-84-60-82(76)86)89(68-35-19-6-20-36-68,69-37-21-7-22-38-69)70-39-23-8-24-40-70/h1-60H. The lowest BCUT2D eigenvalue weighted by Gasteiger charge is -2.35. The maximum Gasteiger partial charge on any atom is 0.179 e. The van der Waals surface area contributed by atoms with Gasteiger partial charge in [0.25, 0.3) is 0 Å². The van der Waals surface area contributed by atoms with Crippen LogP contribution in [0.1, 0.15) is 0 Å². The van der Waals surface area contributed by atoms with E-state index in [1.807, 2.05) is 24.8 Å². The molecule has 0 fully saturated rings. The van der Waals surface area contributed by atoms with Crippen LogP contribution < -0.4 is 62.2 Å². The first-order valence-electron chi connectivity index (χ1n) is 30.6. The van der Waals surface area contributed by atoms with E-state index in [0.29, 0.717) is 0 Å². The van der Waals surface area contributed by atoms with Crippen molar-refractivity contribution >= 4 is 130 Å². The Morgan fingerprint density at radius 2 is 0.416 bits per heavy atom. The Morgan fingerprint density at radius 3 is 0.674 bits per heavy atom. The number of aromatic nitrogens is 4. The third-order valence-electron chi connectivity index (χ3n) is 18.8. The molecule has 0 saturated carbocycles. The Kier molecular flexibility index (Phi) is 13.5. The van der Waals surface area contributed by atoms with Crippen LogP contribution in [0.5, 0.6) is 0 Å². The van der Waals surface area contributed by atoms with Gasteiger partial charge in [0, 0.05) is 45.3 Å². The summed E-state index contributed by atoms with van der Waals surface area (Å²) in [5, 5.41) is 20.8. The minimum Gasteiger partial charge on any atom is -0.308 e. The summed E-state index contributed by atoms with van der Waals surface area (Å²) in [7, 11) is -8.63. The van der Waals surface area contributed by atoms with Crippen LogP contribution in [-0.4, -0.2) is 43.3 Å². The fraction of sp³-hybridized carbons (Fsp3) is 0. The van der Waals surface area contributed by atoms with Gasteiger partial charge in [-0.15, -0.1) is 0 Å². The van der Waals surface area contributed by atoms with Gasteiger partial charge < -0.3 is 9.13 Å². The normalized spacial score (nSPS) is 12.0. The molecule has 0 aliphatic rings. The summed E-state index contributed by atoms with van der Waals surface area (Å²) >= 11 is 0. The molecule has 0 atom stereocenters. The van der Waals surface area contributed by atoms with Crippen molar-refractivity contribution < 1.29 is 0 Å². The molecule has 4 heterocycles. The number of pyridine rings is 2. The van der Waals surface area contributed by atoms with Crippen LogP contribution in [0.15, 0.2) is 365 Å². The Hall–Kier alpha value is -10.8. The van der Waals surface area contributed by atoms with Crippen molar-refractivity contribution in [1.29, 1.82) is 0 Å². The summed E-state index contributed by atoms with van der Waals surface area (Å²) in [6.07, 6.45) is 7.95. The zero-order valence-electron chi connectivity index (χ0n) is 48.9. The minimum atomic E-state index is -3.01. The van der Waals surface area contributed by atoms with Crippen LogP contribution in [0, 0.1) is 0 Å². The zero-order chi connectivity index (χ0) is 59.2. The summed E-state index contributed by atoms with van der Waals surface area (Å²) in [4.78, 5) is 9.56. The molecule has 16 aromatic rings. The molecule has 0 aliphatic carbocycles. The van der Waals surface area contributed by atoms with Crippen LogP contribution in [0.3, 0.4) is 0 Å². The molecule has 4 aromatic heterocycles. The average molecular weight is 1190 g/mol. The van der Waals surface area contributed by atoms with Crippen molar-refractivity contribution in [3.8, 4) is 11.4 Å². The predicted molar refractivity (Wildman–Crippen MR) is 382 cm³/mol. The molecule has 0 unspecified atom stereocenters. The molecule has 420 valence electrons.